The van der Waals surface area contributed by atoms with E-state index in [1.165, 1.54) is 18.9 Å². The molecule has 2 aliphatic rings. The Kier molecular flexibility index (Phi) is 3.41. The van der Waals surface area contributed by atoms with E-state index in [0.717, 1.165) is 0 Å². The van der Waals surface area contributed by atoms with Crippen LogP contribution in [0, 0.1) is 5.92 Å². The summed E-state index contributed by atoms with van der Waals surface area (Å²) in [7, 11) is -2.33. The molecule has 0 aromatic heterocycles. The number of Topliss-reactive ketones (excluding diaryl/α,β-unsaturated/α-hetero) is 1. The second kappa shape index (κ2) is 4.99. The summed E-state index contributed by atoms with van der Waals surface area (Å²) in [6, 6.07) is 6.64. The molecule has 0 saturated heterocycles. The number of benzene rings is 1. The van der Waals surface area contributed by atoms with Crippen molar-refractivity contribution in [3.8, 4) is 0 Å². The first-order valence-corrected chi connectivity index (χ1v) is 8.89. The van der Waals surface area contributed by atoms with Gasteiger partial charge in [-0.25, -0.2) is 8.42 Å². The molecule has 1 aromatic carbocycles. The van der Waals surface area contributed by atoms with Crippen molar-refractivity contribution in [2.24, 2.45) is 5.92 Å². The van der Waals surface area contributed by atoms with Gasteiger partial charge in [0.2, 0.25) is 0 Å². The van der Waals surface area contributed by atoms with Crippen molar-refractivity contribution in [2.75, 3.05) is 18.6 Å². The minimum absolute atomic E-state index is 0.209. The maximum absolute atomic E-state index is 12.4. The van der Waals surface area contributed by atoms with Crippen LogP contribution in [-0.2, 0) is 24.2 Å². The predicted octanol–water partition coefficient (Wildman–Crippen LogP) is 1.29. The van der Waals surface area contributed by atoms with Crippen LogP contribution < -0.4 is 0 Å². The van der Waals surface area contributed by atoms with Gasteiger partial charge < -0.3 is 4.74 Å². The van der Waals surface area contributed by atoms with Crippen molar-refractivity contribution >= 4 is 38.3 Å². The number of hydrogen-bond donors (Lipinski definition) is 0. The van der Waals surface area contributed by atoms with Crippen LogP contribution >= 0.6 is 11.8 Å². The predicted molar refractivity (Wildman–Crippen MR) is 78.4 cm³/mol. The van der Waals surface area contributed by atoms with Gasteiger partial charge in [0.15, 0.2) is 15.6 Å². The number of sulfone groups is 1. The normalized spacial score (nSPS) is 23.3. The molecule has 5 nitrogen and oxygen atoms in total. The largest absolute Gasteiger partial charge is 0.468 e. The van der Waals surface area contributed by atoms with Crippen LogP contribution in [0.5, 0.6) is 0 Å². The van der Waals surface area contributed by atoms with Crippen molar-refractivity contribution in [1.29, 1.82) is 0 Å². The molecule has 3 rings (SSSR count). The summed E-state index contributed by atoms with van der Waals surface area (Å²) in [5.74, 6) is -2.04. The summed E-state index contributed by atoms with van der Waals surface area (Å²) in [6.45, 7) is 0. The first kappa shape index (κ1) is 14.3. The number of rotatable bonds is 1. The third-order valence-electron chi connectivity index (χ3n) is 3.57. The van der Waals surface area contributed by atoms with Crippen molar-refractivity contribution in [2.45, 2.75) is 4.90 Å². The third-order valence-corrected chi connectivity index (χ3v) is 6.52. The molecular weight excluding hydrogens is 312 g/mol. The average molecular weight is 324 g/mol. The van der Waals surface area contributed by atoms with Crippen LogP contribution in [0.25, 0.3) is 4.91 Å². The van der Waals surface area contributed by atoms with Crippen LogP contribution in [0.1, 0.15) is 5.56 Å². The zero-order valence-corrected chi connectivity index (χ0v) is 12.8. The van der Waals surface area contributed by atoms with E-state index in [-0.39, 0.29) is 22.0 Å². The number of esters is 1. The Morgan fingerprint density at radius 2 is 2.05 bits per heavy atom. The van der Waals surface area contributed by atoms with Gasteiger partial charge in [-0.3, -0.25) is 9.59 Å². The van der Waals surface area contributed by atoms with E-state index >= 15 is 0 Å². The lowest BCUT2D eigenvalue weighted by Crippen LogP contribution is -2.35. The number of hydrogen-bond acceptors (Lipinski definition) is 6. The molecule has 2 aliphatic heterocycles. The Bertz CT molecular complexity index is 776. The summed E-state index contributed by atoms with van der Waals surface area (Å²) in [6.07, 6.45) is 0. The molecule has 7 heteroatoms. The molecule has 0 saturated carbocycles. The van der Waals surface area contributed by atoms with E-state index < -0.39 is 27.5 Å². The molecule has 1 atom stereocenters. The Balaban J connectivity index is 2.15. The highest BCUT2D eigenvalue weighted by Crippen LogP contribution is 2.44. The van der Waals surface area contributed by atoms with E-state index in [0.29, 0.717) is 10.5 Å². The molecule has 0 bridgehead atoms. The number of carbonyl (C=O) groups is 2. The van der Waals surface area contributed by atoms with Crippen LogP contribution in [0.4, 0.5) is 0 Å². The lowest BCUT2D eigenvalue weighted by molar-refractivity contribution is -0.147. The Morgan fingerprint density at radius 3 is 2.76 bits per heavy atom. The molecule has 0 radical (unpaired) electrons. The molecule has 0 fully saturated rings. The van der Waals surface area contributed by atoms with E-state index in [2.05, 4.69) is 4.74 Å². The summed E-state index contributed by atoms with van der Waals surface area (Å²) >= 11 is 1.34. The van der Waals surface area contributed by atoms with Crippen molar-refractivity contribution in [3.05, 3.63) is 35.4 Å². The lowest BCUT2D eigenvalue weighted by atomic mass is 9.97. The number of thioether (sulfide) groups is 1. The second-order valence-electron chi connectivity index (χ2n) is 4.81. The van der Waals surface area contributed by atoms with Crippen molar-refractivity contribution in [1.82, 2.24) is 0 Å². The molecule has 0 aliphatic carbocycles. The number of ketones is 1. The number of fused-ring (bicyclic) bond motifs is 2. The van der Waals surface area contributed by atoms with Gasteiger partial charge >= 0.3 is 5.97 Å². The molecule has 0 N–H and O–H groups in total. The summed E-state index contributed by atoms with van der Waals surface area (Å²) < 4.78 is 29.2. The molecule has 2 heterocycles. The molecule has 0 spiro atoms. The quantitative estimate of drug-likeness (QED) is 0.572. The number of methoxy groups -OCH3 is 1. The lowest BCUT2D eigenvalue weighted by Gasteiger charge is -2.28. The summed E-state index contributed by atoms with van der Waals surface area (Å²) in [5.41, 5.74) is 0.765. The van der Waals surface area contributed by atoms with E-state index in [4.69, 9.17) is 0 Å². The minimum atomic E-state index is -3.55. The monoisotopic (exact) mass is 324 g/mol. The fourth-order valence-electron chi connectivity index (χ4n) is 2.54. The smallest absolute Gasteiger partial charge is 0.317 e. The van der Waals surface area contributed by atoms with Crippen molar-refractivity contribution in [3.63, 3.8) is 0 Å². The van der Waals surface area contributed by atoms with Gasteiger partial charge in [0.05, 0.1) is 17.8 Å². The van der Waals surface area contributed by atoms with Crippen molar-refractivity contribution < 1.29 is 22.7 Å². The summed E-state index contributed by atoms with van der Waals surface area (Å²) in [5, 5.41) is 0. The van der Waals surface area contributed by atoms with Gasteiger partial charge in [0, 0.05) is 21.8 Å². The molecule has 0 amide bonds. The molecule has 21 heavy (non-hydrogen) atoms. The topological polar surface area (TPSA) is 77.5 Å². The summed E-state index contributed by atoms with van der Waals surface area (Å²) in [4.78, 5) is 25.0. The van der Waals surface area contributed by atoms with Gasteiger partial charge in [-0.05, 0) is 6.07 Å². The van der Waals surface area contributed by atoms with Gasteiger partial charge in [-0.15, -0.1) is 11.8 Å². The molecular formula is C14H12O5S2. The zero-order chi connectivity index (χ0) is 15.2. The highest BCUT2D eigenvalue weighted by Gasteiger charge is 2.41. The number of ether oxygens (including phenoxy) is 1. The van der Waals surface area contributed by atoms with E-state index in [1.54, 1.807) is 24.3 Å². The fourth-order valence-corrected chi connectivity index (χ4v) is 5.61. The van der Waals surface area contributed by atoms with Crippen LogP contribution in [0.2, 0.25) is 0 Å². The highest BCUT2D eigenvalue weighted by atomic mass is 32.2. The standard InChI is InChI=1S/C14H12O5S2/c1-19-14(16)9-6-20-13-8-4-2-3-5-11(8)21(17,18)7-10(13)12(9)15/h2-5,9H,6-7H2,1H3. The maximum atomic E-state index is 12.4. The highest BCUT2D eigenvalue weighted by molar-refractivity contribution is 8.08. The Labute approximate surface area is 126 Å². The Hall–Kier alpha value is -1.60. The second-order valence-corrected chi connectivity index (χ2v) is 7.80. The van der Waals surface area contributed by atoms with E-state index in [9.17, 15) is 18.0 Å². The average Bonchev–Trinajstić information content (AvgIpc) is 2.48. The SMILES string of the molecule is COC(=O)C1CSC2=C(CS(=O)(=O)c3ccccc32)C1=O. The maximum Gasteiger partial charge on any atom is 0.317 e. The molecule has 1 unspecified atom stereocenters. The first-order chi connectivity index (χ1) is 9.95. The van der Waals surface area contributed by atoms with Crippen LogP contribution in [0.15, 0.2) is 34.7 Å². The first-order valence-electron chi connectivity index (χ1n) is 6.26. The Morgan fingerprint density at radius 1 is 1.33 bits per heavy atom. The van der Waals surface area contributed by atoms with Gasteiger partial charge in [-0.1, -0.05) is 18.2 Å². The fraction of sp³-hybridized carbons (Fsp3) is 0.286. The van der Waals surface area contributed by atoms with Gasteiger partial charge in [-0.2, -0.15) is 0 Å². The number of carbonyl (C=O) groups excluding carboxylic acids is 2. The van der Waals surface area contributed by atoms with Crippen LogP contribution in [0.3, 0.4) is 0 Å². The molecule has 1 aromatic rings. The van der Waals surface area contributed by atoms with Crippen LogP contribution in [-0.4, -0.2) is 38.8 Å². The van der Waals surface area contributed by atoms with Gasteiger partial charge in [0.1, 0.15) is 5.92 Å². The molecule has 110 valence electrons. The van der Waals surface area contributed by atoms with E-state index in [1.807, 2.05) is 0 Å². The zero-order valence-electron chi connectivity index (χ0n) is 11.2. The minimum Gasteiger partial charge on any atom is -0.468 e. The third kappa shape index (κ3) is 2.20. The van der Waals surface area contributed by atoms with Gasteiger partial charge in [0.25, 0.3) is 0 Å².